The highest BCUT2D eigenvalue weighted by molar-refractivity contribution is 5.78. The van der Waals surface area contributed by atoms with Crippen molar-refractivity contribution in [1.29, 1.82) is 0 Å². The first-order chi connectivity index (χ1) is 16.2. The minimum Gasteiger partial charge on any atom is -0.492 e. The molecule has 1 heterocycles. The fourth-order valence-corrected chi connectivity index (χ4v) is 3.83. The minimum atomic E-state index is -0.207. The molecule has 33 heavy (non-hydrogen) atoms. The maximum absolute atomic E-state index is 11.8. The number of fused-ring (bicyclic) bond motifs is 2. The molecule has 1 aliphatic rings. The Morgan fingerprint density at radius 1 is 0.909 bits per heavy atom. The normalized spacial score (nSPS) is 11.4. The third kappa shape index (κ3) is 5.12. The SMILES string of the molecule is CCOC(=O)CCc1cccc(C#CCN2c3ccccc3Oc3ccccc32)c1OCC. The van der Waals surface area contributed by atoms with E-state index in [9.17, 15) is 4.79 Å². The van der Waals surface area contributed by atoms with Crippen LogP contribution in [0.2, 0.25) is 0 Å². The van der Waals surface area contributed by atoms with Crippen LogP contribution in [0.3, 0.4) is 0 Å². The molecule has 5 heteroatoms. The number of anilines is 2. The zero-order valence-corrected chi connectivity index (χ0v) is 19.0. The van der Waals surface area contributed by atoms with E-state index in [0.29, 0.717) is 32.6 Å². The molecule has 3 aromatic rings. The molecule has 0 atom stereocenters. The van der Waals surface area contributed by atoms with Crippen molar-refractivity contribution in [2.75, 3.05) is 24.7 Å². The standard InChI is InChI=1S/C28H27NO4/c1-3-31-27(30)19-18-22-12-9-11-21(28(22)32-4-2)13-10-20-29-23-14-5-7-16-25(23)33-26-17-8-6-15-24(26)29/h5-9,11-12,14-17H,3-4,18-20H2,1-2H3. The van der Waals surface area contributed by atoms with Crippen LogP contribution in [0.4, 0.5) is 11.4 Å². The lowest BCUT2D eigenvalue weighted by Gasteiger charge is -2.31. The molecule has 0 radical (unpaired) electrons. The molecule has 0 spiro atoms. The summed E-state index contributed by atoms with van der Waals surface area (Å²) in [4.78, 5) is 14.0. The van der Waals surface area contributed by atoms with Gasteiger partial charge in [-0.05, 0) is 56.2 Å². The molecular formula is C28H27NO4. The van der Waals surface area contributed by atoms with Crippen molar-refractivity contribution < 1.29 is 19.0 Å². The summed E-state index contributed by atoms with van der Waals surface area (Å²) in [6, 6.07) is 21.8. The maximum atomic E-state index is 11.8. The van der Waals surface area contributed by atoms with Crippen LogP contribution in [-0.4, -0.2) is 25.7 Å². The van der Waals surface area contributed by atoms with Crippen LogP contribution < -0.4 is 14.4 Å². The fourth-order valence-electron chi connectivity index (χ4n) is 3.83. The van der Waals surface area contributed by atoms with Crippen molar-refractivity contribution in [2.45, 2.75) is 26.7 Å². The second-order valence-corrected chi connectivity index (χ2v) is 7.46. The lowest BCUT2D eigenvalue weighted by Crippen LogP contribution is -2.21. The van der Waals surface area contributed by atoms with Crippen molar-refractivity contribution in [3.05, 3.63) is 77.9 Å². The van der Waals surface area contributed by atoms with Crippen LogP contribution in [0.1, 0.15) is 31.4 Å². The monoisotopic (exact) mass is 441 g/mol. The van der Waals surface area contributed by atoms with E-state index in [1.165, 1.54) is 0 Å². The van der Waals surface area contributed by atoms with E-state index in [0.717, 1.165) is 39.8 Å². The first-order valence-electron chi connectivity index (χ1n) is 11.2. The molecule has 1 aliphatic heterocycles. The van der Waals surface area contributed by atoms with Gasteiger partial charge < -0.3 is 19.1 Å². The minimum absolute atomic E-state index is 0.207. The lowest BCUT2D eigenvalue weighted by molar-refractivity contribution is -0.143. The van der Waals surface area contributed by atoms with Gasteiger partial charge in [0.05, 0.1) is 36.7 Å². The molecule has 0 saturated carbocycles. The largest absolute Gasteiger partial charge is 0.492 e. The second kappa shape index (κ2) is 10.6. The highest BCUT2D eigenvalue weighted by Crippen LogP contribution is 2.45. The summed E-state index contributed by atoms with van der Waals surface area (Å²) >= 11 is 0. The Labute approximate surface area is 194 Å². The lowest BCUT2D eigenvalue weighted by atomic mass is 10.0. The quantitative estimate of drug-likeness (QED) is 0.339. The number of rotatable bonds is 7. The van der Waals surface area contributed by atoms with E-state index in [2.05, 4.69) is 16.7 Å². The van der Waals surface area contributed by atoms with Gasteiger partial charge in [-0.1, -0.05) is 48.2 Å². The number of para-hydroxylation sites is 5. The number of benzene rings is 3. The Hall–Kier alpha value is -3.91. The van der Waals surface area contributed by atoms with Crippen LogP contribution in [0, 0.1) is 11.8 Å². The summed E-state index contributed by atoms with van der Waals surface area (Å²) in [6.45, 7) is 5.16. The van der Waals surface area contributed by atoms with Gasteiger partial charge in [0.1, 0.15) is 5.75 Å². The first kappa shape index (κ1) is 22.3. The van der Waals surface area contributed by atoms with Crippen molar-refractivity contribution in [1.82, 2.24) is 0 Å². The number of esters is 1. The van der Waals surface area contributed by atoms with E-state index in [1.54, 1.807) is 0 Å². The van der Waals surface area contributed by atoms with Crippen molar-refractivity contribution in [3.8, 4) is 29.1 Å². The summed E-state index contributed by atoms with van der Waals surface area (Å²) in [5, 5.41) is 0. The fraction of sp³-hybridized carbons (Fsp3) is 0.250. The zero-order chi connectivity index (χ0) is 23.0. The van der Waals surface area contributed by atoms with E-state index in [4.69, 9.17) is 14.2 Å². The highest BCUT2D eigenvalue weighted by Gasteiger charge is 2.22. The van der Waals surface area contributed by atoms with Crippen LogP contribution in [-0.2, 0) is 16.0 Å². The topological polar surface area (TPSA) is 48.0 Å². The number of carbonyl (C=O) groups excluding carboxylic acids is 1. The average molecular weight is 442 g/mol. The van der Waals surface area contributed by atoms with E-state index in [1.807, 2.05) is 80.6 Å². The van der Waals surface area contributed by atoms with Gasteiger partial charge in [0.15, 0.2) is 11.5 Å². The Balaban J connectivity index is 1.59. The number of carbonyl (C=O) groups is 1. The van der Waals surface area contributed by atoms with Crippen LogP contribution in [0.25, 0.3) is 0 Å². The Bertz CT molecular complexity index is 1150. The number of hydrogen-bond acceptors (Lipinski definition) is 5. The van der Waals surface area contributed by atoms with E-state index < -0.39 is 0 Å². The van der Waals surface area contributed by atoms with Gasteiger partial charge in [0.25, 0.3) is 0 Å². The summed E-state index contributed by atoms with van der Waals surface area (Å²) < 4.78 is 17.0. The molecular weight excluding hydrogens is 414 g/mol. The number of hydrogen-bond donors (Lipinski definition) is 0. The second-order valence-electron chi connectivity index (χ2n) is 7.46. The summed E-state index contributed by atoms with van der Waals surface area (Å²) in [7, 11) is 0. The molecule has 3 aromatic carbocycles. The van der Waals surface area contributed by atoms with Gasteiger partial charge in [0, 0.05) is 6.42 Å². The van der Waals surface area contributed by atoms with Crippen LogP contribution in [0.15, 0.2) is 66.7 Å². The molecule has 0 fully saturated rings. The molecule has 4 rings (SSSR count). The maximum Gasteiger partial charge on any atom is 0.306 e. The van der Waals surface area contributed by atoms with Gasteiger partial charge in [-0.25, -0.2) is 0 Å². The molecule has 0 aromatic heterocycles. The highest BCUT2D eigenvalue weighted by atomic mass is 16.5. The Morgan fingerprint density at radius 3 is 2.27 bits per heavy atom. The van der Waals surface area contributed by atoms with Crippen LogP contribution in [0.5, 0.6) is 17.2 Å². The molecule has 0 N–H and O–H groups in total. The molecule has 0 aliphatic carbocycles. The van der Waals surface area contributed by atoms with Gasteiger partial charge in [-0.15, -0.1) is 0 Å². The molecule has 168 valence electrons. The Kier molecular flexibility index (Phi) is 7.16. The van der Waals surface area contributed by atoms with Crippen molar-refractivity contribution in [2.24, 2.45) is 0 Å². The van der Waals surface area contributed by atoms with Crippen molar-refractivity contribution >= 4 is 17.3 Å². The molecule has 0 saturated heterocycles. The molecule has 0 bridgehead atoms. The molecule has 0 unspecified atom stereocenters. The number of nitrogens with zero attached hydrogens (tertiary/aromatic N) is 1. The van der Waals surface area contributed by atoms with Gasteiger partial charge in [0.2, 0.25) is 0 Å². The first-order valence-corrected chi connectivity index (χ1v) is 11.2. The third-order valence-corrected chi connectivity index (χ3v) is 5.28. The smallest absolute Gasteiger partial charge is 0.306 e. The predicted molar refractivity (Wildman–Crippen MR) is 129 cm³/mol. The van der Waals surface area contributed by atoms with Gasteiger partial charge in [-0.3, -0.25) is 4.79 Å². The van der Waals surface area contributed by atoms with Crippen LogP contribution >= 0.6 is 0 Å². The number of aryl methyl sites for hydroxylation is 1. The van der Waals surface area contributed by atoms with E-state index in [-0.39, 0.29) is 5.97 Å². The Morgan fingerprint density at radius 2 is 1.61 bits per heavy atom. The van der Waals surface area contributed by atoms with Crippen molar-refractivity contribution in [3.63, 3.8) is 0 Å². The van der Waals surface area contributed by atoms with Gasteiger partial charge >= 0.3 is 5.97 Å². The third-order valence-electron chi connectivity index (χ3n) is 5.28. The van der Waals surface area contributed by atoms with E-state index >= 15 is 0 Å². The summed E-state index contributed by atoms with van der Waals surface area (Å²) in [5.74, 6) is 8.76. The summed E-state index contributed by atoms with van der Waals surface area (Å²) in [6.07, 6.45) is 0.861. The summed E-state index contributed by atoms with van der Waals surface area (Å²) in [5.41, 5.74) is 3.74. The number of ether oxygens (including phenoxy) is 3. The molecule has 5 nitrogen and oxygen atoms in total. The molecule has 0 amide bonds. The zero-order valence-electron chi connectivity index (χ0n) is 19.0. The average Bonchev–Trinajstić information content (AvgIpc) is 2.84. The predicted octanol–water partition coefficient (Wildman–Crippen LogP) is 5.88. The van der Waals surface area contributed by atoms with Gasteiger partial charge in [-0.2, -0.15) is 0 Å².